The SMILES string of the molecule is CCC(CCO)CNCCC(=O)NC(C)C. The molecule has 0 bridgehead atoms. The van der Waals surface area contributed by atoms with Crippen molar-refractivity contribution < 1.29 is 9.90 Å². The van der Waals surface area contributed by atoms with Crippen molar-refractivity contribution in [2.24, 2.45) is 5.92 Å². The lowest BCUT2D eigenvalue weighted by molar-refractivity contribution is -0.121. The lowest BCUT2D eigenvalue weighted by atomic mass is 10.0. The molecule has 3 N–H and O–H groups in total. The highest BCUT2D eigenvalue weighted by atomic mass is 16.3. The molecule has 4 nitrogen and oxygen atoms in total. The molecule has 0 aromatic rings. The first-order valence-electron chi connectivity index (χ1n) is 6.21. The average molecular weight is 230 g/mol. The fourth-order valence-corrected chi connectivity index (χ4v) is 1.54. The van der Waals surface area contributed by atoms with Gasteiger partial charge in [-0.05, 0) is 32.7 Å². The van der Waals surface area contributed by atoms with E-state index in [1.165, 1.54) is 0 Å². The molecule has 0 heterocycles. The molecule has 0 aliphatic rings. The van der Waals surface area contributed by atoms with E-state index >= 15 is 0 Å². The third-order valence-corrected chi connectivity index (χ3v) is 2.53. The van der Waals surface area contributed by atoms with Crippen molar-refractivity contribution in [3.05, 3.63) is 0 Å². The van der Waals surface area contributed by atoms with Crippen LogP contribution < -0.4 is 10.6 Å². The molecule has 16 heavy (non-hydrogen) atoms. The number of amides is 1. The Labute approximate surface area is 98.8 Å². The number of aliphatic hydroxyl groups is 1. The summed E-state index contributed by atoms with van der Waals surface area (Å²) in [6.07, 6.45) is 2.42. The summed E-state index contributed by atoms with van der Waals surface area (Å²) < 4.78 is 0. The van der Waals surface area contributed by atoms with E-state index < -0.39 is 0 Å². The number of hydrogen-bond donors (Lipinski definition) is 3. The molecule has 0 aromatic heterocycles. The molecule has 0 spiro atoms. The fraction of sp³-hybridized carbons (Fsp3) is 0.917. The molecule has 1 atom stereocenters. The zero-order chi connectivity index (χ0) is 12.4. The lowest BCUT2D eigenvalue weighted by Crippen LogP contribution is -2.33. The van der Waals surface area contributed by atoms with Crippen LogP contribution in [0.4, 0.5) is 0 Å². The zero-order valence-electron chi connectivity index (χ0n) is 10.8. The van der Waals surface area contributed by atoms with Gasteiger partial charge in [-0.1, -0.05) is 13.3 Å². The Morgan fingerprint density at radius 1 is 1.38 bits per heavy atom. The summed E-state index contributed by atoms with van der Waals surface area (Å²) in [6.45, 7) is 7.87. The Balaban J connectivity index is 3.47. The van der Waals surface area contributed by atoms with Gasteiger partial charge in [0.05, 0.1) is 0 Å². The molecule has 0 fully saturated rings. The van der Waals surface area contributed by atoms with Gasteiger partial charge in [0.25, 0.3) is 0 Å². The van der Waals surface area contributed by atoms with E-state index in [2.05, 4.69) is 17.6 Å². The highest BCUT2D eigenvalue weighted by Gasteiger charge is 2.06. The maximum Gasteiger partial charge on any atom is 0.221 e. The van der Waals surface area contributed by atoms with Gasteiger partial charge in [0.1, 0.15) is 0 Å². The van der Waals surface area contributed by atoms with Crippen LogP contribution in [-0.2, 0) is 4.79 Å². The number of carbonyl (C=O) groups excluding carboxylic acids is 1. The molecular formula is C12H26N2O2. The molecule has 1 amide bonds. The highest BCUT2D eigenvalue weighted by molar-refractivity contribution is 5.76. The first kappa shape index (κ1) is 15.4. The van der Waals surface area contributed by atoms with E-state index in [4.69, 9.17) is 5.11 Å². The van der Waals surface area contributed by atoms with E-state index in [0.29, 0.717) is 18.9 Å². The van der Waals surface area contributed by atoms with Crippen LogP contribution in [0.15, 0.2) is 0 Å². The maximum absolute atomic E-state index is 11.3. The zero-order valence-corrected chi connectivity index (χ0v) is 10.8. The van der Waals surface area contributed by atoms with Gasteiger partial charge in [-0.15, -0.1) is 0 Å². The van der Waals surface area contributed by atoms with E-state index in [-0.39, 0.29) is 18.6 Å². The molecule has 0 saturated heterocycles. The Bertz CT molecular complexity index is 184. The topological polar surface area (TPSA) is 61.4 Å². The second kappa shape index (κ2) is 9.60. The largest absolute Gasteiger partial charge is 0.396 e. The first-order valence-corrected chi connectivity index (χ1v) is 6.21. The van der Waals surface area contributed by atoms with E-state index in [1.54, 1.807) is 0 Å². The Morgan fingerprint density at radius 2 is 2.06 bits per heavy atom. The number of aliphatic hydroxyl groups excluding tert-OH is 1. The molecule has 0 aliphatic heterocycles. The molecule has 0 rings (SSSR count). The number of hydrogen-bond acceptors (Lipinski definition) is 3. The van der Waals surface area contributed by atoms with Crippen molar-refractivity contribution in [3.8, 4) is 0 Å². The van der Waals surface area contributed by atoms with Crippen molar-refractivity contribution in [3.63, 3.8) is 0 Å². The summed E-state index contributed by atoms with van der Waals surface area (Å²) >= 11 is 0. The van der Waals surface area contributed by atoms with E-state index in [9.17, 15) is 4.79 Å². The molecular weight excluding hydrogens is 204 g/mol. The van der Waals surface area contributed by atoms with Crippen LogP contribution in [0.25, 0.3) is 0 Å². The summed E-state index contributed by atoms with van der Waals surface area (Å²) in [7, 11) is 0. The van der Waals surface area contributed by atoms with Gasteiger partial charge in [-0.3, -0.25) is 4.79 Å². The van der Waals surface area contributed by atoms with Crippen LogP contribution in [-0.4, -0.2) is 36.8 Å². The van der Waals surface area contributed by atoms with Crippen LogP contribution in [0, 0.1) is 5.92 Å². The van der Waals surface area contributed by atoms with Gasteiger partial charge in [-0.2, -0.15) is 0 Å². The van der Waals surface area contributed by atoms with Crippen LogP contribution >= 0.6 is 0 Å². The van der Waals surface area contributed by atoms with Crippen molar-refractivity contribution >= 4 is 5.91 Å². The third kappa shape index (κ3) is 8.68. The number of nitrogens with one attached hydrogen (secondary N) is 2. The molecule has 4 heteroatoms. The summed E-state index contributed by atoms with van der Waals surface area (Å²) in [5, 5.41) is 14.9. The Morgan fingerprint density at radius 3 is 2.56 bits per heavy atom. The van der Waals surface area contributed by atoms with Gasteiger partial charge >= 0.3 is 0 Å². The Hall–Kier alpha value is -0.610. The molecule has 0 saturated carbocycles. The molecule has 96 valence electrons. The summed E-state index contributed by atoms with van der Waals surface area (Å²) in [6, 6.07) is 0.213. The summed E-state index contributed by atoms with van der Waals surface area (Å²) in [5.41, 5.74) is 0. The van der Waals surface area contributed by atoms with Gasteiger partial charge in [-0.25, -0.2) is 0 Å². The minimum absolute atomic E-state index is 0.0951. The second-order valence-electron chi connectivity index (χ2n) is 4.46. The van der Waals surface area contributed by atoms with E-state index in [1.807, 2.05) is 13.8 Å². The van der Waals surface area contributed by atoms with Gasteiger partial charge in [0.2, 0.25) is 5.91 Å². The second-order valence-corrected chi connectivity index (χ2v) is 4.46. The normalized spacial score (nSPS) is 12.8. The van der Waals surface area contributed by atoms with Gasteiger partial charge in [0, 0.05) is 25.6 Å². The predicted molar refractivity (Wildman–Crippen MR) is 66.2 cm³/mol. The quantitative estimate of drug-likeness (QED) is 0.516. The minimum atomic E-state index is 0.0951. The average Bonchev–Trinajstić information content (AvgIpc) is 2.21. The number of rotatable bonds is 9. The predicted octanol–water partition coefficient (Wildman–Crippen LogP) is 0.899. The summed E-state index contributed by atoms with van der Waals surface area (Å²) in [4.78, 5) is 11.3. The maximum atomic E-state index is 11.3. The van der Waals surface area contributed by atoms with Crippen molar-refractivity contribution in [1.82, 2.24) is 10.6 Å². The monoisotopic (exact) mass is 230 g/mol. The van der Waals surface area contributed by atoms with Gasteiger partial charge in [0.15, 0.2) is 0 Å². The van der Waals surface area contributed by atoms with Crippen molar-refractivity contribution in [2.75, 3.05) is 19.7 Å². The lowest BCUT2D eigenvalue weighted by Gasteiger charge is -2.14. The minimum Gasteiger partial charge on any atom is -0.396 e. The molecule has 0 aliphatic carbocycles. The molecule has 0 radical (unpaired) electrons. The van der Waals surface area contributed by atoms with Crippen molar-refractivity contribution in [2.45, 2.75) is 46.1 Å². The molecule has 1 unspecified atom stereocenters. The summed E-state index contributed by atoms with van der Waals surface area (Å²) in [5.74, 6) is 0.607. The Kier molecular flexibility index (Phi) is 9.24. The highest BCUT2D eigenvalue weighted by Crippen LogP contribution is 2.05. The van der Waals surface area contributed by atoms with Crippen LogP contribution in [0.5, 0.6) is 0 Å². The fourth-order valence-electron chi connectivity index (χ4n) is 1.54. The third-order valence-electron chi connectivity index (χ3n) is 2.53. The van der Waals surface area contributed by atoms with Crippen molar-refractivity contribution in [1.29, 1.82) is 0 Å². The van der Waals surface area contributed by atoms with Crippen LogP contribution in [0.2, 0.25) is 0 Å². The number of carbonyl (C=O) groups is 1. The molecule has 0 aromatic carbocycles. The van der Waals surface area contributed by atoms with Crippen LogP contribution in [0.1, 0.15) is 40.0 Å². The standard InChI is InChI=1S/C12H26N2O2/c1-4-11(6-8-15)9-13-7-5-12(16)14-10(2)3/h10-11,13,15H,4-9H2,1-3H3,(H,14,16). The smallest absolute Gasteiger partial charge is 0.221 e. The van der Waals surface area contributed by atoms with Crippen LogP contribution in [0.3, 0.4) is 0 Å². The first-order chi connectivity index (χ1) is 7.60. The van der Waals surface area contributed by atoms with Gasteiger partial charge < -0.3 is 15.7 Å². The van der Waals surface area contributed by atoms with E-state index in [0.717, 1.165) is 19.4 Å².